The number of nitrogens with one attached hydrogen (secondary N) is 1. The van der Waals surface area contributed by atoms with Gasteiger partial charge in [-0.25, -0.2) is 0 Å². The third-order valence-corrected chi connectivity index (χ3v) is 4.38. The maximum Gasteiger partial charge on any atom is 0.100 e. The first-order valence-electron chi connectivity index (χ1n) is 4.67. The molecule has 0 amide bonds. The summed E-state index contributed by atoms with van der Waals surface area (Å²) in [6, 6.07) is 4.80. The van der Waals surface area contributed by atoms with E-state index in [1.165, 1.54) is 22.8 Å². The Hall–Kier alpha value is -0.500. The third-order valence-electron chi connectivity index (χ3n) is 2.28. The van der Waals surface area contributed by atoms with Crippen molar-refractivity contribution in [3.63, 3.8) is 0 Å². The van der Waals surface area contributed by atoms with E-state index in [0.29, 0.717) is 6.04 Å². The van der Waals surface area contributed by atoms with E-state index in [-0.39, 0.29) is 0 Å². The van der Waals surface area contributed by atoms with Gasteiger partial charge >= 0.3 is 0 Å². The Morgan fingerprint density at radius 3 is 3.21 bits per heavy atom. The van der Waals surface area contributed by atoms with Crippen LogP contribution in [0.15, 0.2) is 11.4 Å². The molecule has 0 aliphatic carbocycles. The fourth-order valence-electron chi connectivity index (χ4n) is 1.47. The summed E-state index contributed by atoms with van der Waals surface area (Å²) in [6.07, 6.45) is 1.28. The Bertz CT molecular complexity index is 334. The molecule has 2 nitrogen and oxygen atoms in total. The van der Waals surface area contributed by atoms with Gasteiger partial charge in [0.2, 0.25) is 0 Å². The number of rotatable bonds is 3. The maximum absolute atomic E-state index is 8.66. The summed E-state index contributed by atoms with van der Waals surface area (Å²) in [6.45, 7) is 0.914. The van der Waals surface area contributed by atoms with E-state index >= 15 is 0 Å². The van der Waals surface area contributed by atoms with Crippen LogP contribution >= 0.6 is 23.1 Å². The summed E-state index contributed by atoms with van der Waals surface area (Å²) in [5.41, 5.74) is 0.785. The molecule has 1 saturated heterocycles. The van der Waals surface area contributed by atoms with E-state index in [4.69, 9.17) is 5.26 Å². The molecule has 2 heterocycles. The van der Waals surface area contributed by atoms with Crippen molar-refractivity contribution in [3.05, 3.63) is 21.9 Å². The van der Waals surface area contributed by atoms with Crippen molar-refractivity contribution in [2.45, 2.75) is 19.0 Å². The summed E-state index contributed by atoms with van der Waals surface area (Å²) in [5.74, 6) is 2.52. The van der Waals surface area contributed by atoms with Gasteiger partial charge in [0.25, 0.3) is 0 Å². The molecule has 0 radical (unpaired) electrons. The summed E-state index contributed by atoms with van der Waals surface area (Å²) in [7, 11) is 0. The molecule has 0 spiro atoms. The van der Waals surface area contributed by atoms with Crippen molar-refractivity contribution in [2.75, 3.05) is 11.5 Å². The van der Waals surface area contributed by atoms with Gasteiger partial charge in [0.05, 0.1) is 5.56 Å². The van der Waals surface area contributed by atoms with E-state index in [1.54, 1.807) is 11.3 Å². The lowest BCUT2D eigenvalue weighted by Crippen LogP contribution is -2.27. The van der Waals surface area contributed by atoms with Crippen LogP contribution in [0.1, 0.15) is 16.9 Å². The minimum Gasteiger partial charge on any atom is -0.308 e. The average molecular weight is 224 g/mol. The fourth-order valence-corrected chi connectivity index (χ4v) is 3.42. The molecule has 0 aromatic carbocycles. The van der Waals surface area contributed by atoms with E-state index in [2.05, 4.69) is 11.4 Å². The first kappa shape index (κ1) is 10.0. The highest BCUT2D eigenvalue weighted by molar-refractivity contribution is 7.99. The van der Waals surface area contributed by atoms with Crippen molar-refractivity contribution >= 4 is 23.1 Å². The number of hydrogen-bond donors (Lipinski definition) is 1. The largest absolute Gasteiger partial charge is 0.308 e. The average Bonchev–Trinajstić information content (AvgIpc) is 2.86. The molecule has 74 valence electrons. The topological polar surface area (TPSA) is 35.8 Å². The fraction of sp³-hybridized carbons (Fsp3) is 0.500. The zero-order valence-electron chi connectivity index (χ0n) is 7.82. The van der Waals surface area contributed by atoms with Crippen LogP contribution in [-0.2, 0) is 6.54 Å². The minimum absolute atomic E-state index is 0.674. The standard InChI is InChI=1S/C10H12N2S2/c11-4-8-3-10(14-6-8)5-12-9-1-2-13-7-9/h3,6,9,12H,1-2,5,7H2. The highest BCUT2D eigenvalue weighted by Crippen LogP contribution is 2.19. The van der Waals surface area contributed by atoms with Gasteiger partial charge in [0.15, 0.2) is 0 Å². The number of thioether (sulfide) groups is 1. The van der Waals surface area contributed by atoms with Crippen LogP contribution in [0.25, 0.3) is 0 Å². The van der Waals surface area contributed by atoms with Gasteiger partial charge in [0.1, 0.15) is 6.07 Å². The summed E-state index contributed by atoms with van der Waals surface area (Å²) < 4.78 is 0. The maximum atomic E-state index is 8.66. The molecule has 4 heteroatoms. The van der Waals surface area contributed by atoms with Crippen LogP contribution in [0.4, 0.5) is 0 Å². The summed E-state index contributed by atoms with van der Waals surface area (Å²) in [4.78, 5) is 1.26. The zero-order valence-corrected chi connectivity index (χ0v) is 9.46. The minimum atomic E-state index is 0.674. The van der Waals surface area contributed by atoms with Crippen LogP contribution in [0, 0.1) is 11.3 Å². The summed E-state index contributed by atoms with van der Waals surface area (Å²) in [5, 5.41) is 14.1. The lowest BCUT2D eigenvalue weighted by atomic mass is 10.2. The van der Waals surface area contributed by atoms with Crippen LogP contribution in [0.5, 0.6) is 0 Å². The van der Waals surface area contributed by atoms with Gasteiger partial charge in [-0.05, 0) is 18.2 Å². The molecular weight excluding hydrogens is 212 g/mol. The molecule has 2 rings (SSSR count). The molecule has 1 aromatic heterocycles. The molecule has 1 N–H and O–H groups in total. The second-order valence-electron chi connectivity index (χ2n) is 3.35. The van der Waals surface area contributed by atoms with Crippen molar-refractivity contribution < 1.29 is 0 Å². The molecule has 1 unspecified atom stereocenters. The Labute approximate surface area is 92.3 Å². The number of nitrogens with zero attached hydrogens (tertiary/aromatic N) is 1. The Morgan fingerprint density at radius 2 is 2.57 bits per heavy atom. The predicted molar refractivity (Wildman–Crippen MR) is 61.6 cm³/mol. The second-order valence-corrected chi connectivity index (χ2v) is 5.50. The molecule has 1 aromatic rings. The van der Waals surface area contributed by atoms with Crippen LogP contribution in [0.3, 0.4) is 0 Å². The number of nitriles is 1. The Morgan fingerprint density at radius 1 is 1.64 bits per heavy atom. The highest BCUT2D eigenvalue weighted by atomic mass is 32.2. The number of hydrogen-bond acceptors (Lipinski definition) is 4. The van der Waals surface area contributed by atoms with Gasteiger partial charge in [-0.3, -0.25) is 0 Å². The molecule has 1 aliphatic rings. The van der Waals surface area contributed by atoms with Gasteiger partial charge in [0, 0.05) is 28.6 Å². The van der Waals surface area contributed by atoms with Gasteiger partial charge in [-0.1, -0.05) is 0 Å². The number of thiophene rings is 1. The third kappa shape index (κ3) is 2.50. The quantitative estimate of drug-likeness (QED) is 0.855. The SMILES string of the molecule is N#Cc1csc(CNC2CCSC2)c1. The lowest BCUT2D eigenvalue weighted by molar-refractivity contribution is 0.561. The smallest absolute Gasteiger partial charge is 0.100 e. The van der Waals surface area contributed by atoms with Gasteiger partial charge in [-0.2, -0.15) is 17.0 Å². The molecule has 1 atom stereocenters. The van der Waals surface area contributed by atoms with Crippen LogP contribution < -0.4 is 5.32 Å². The predicted octanol–water partition coefficient (Wildman–Crippen LogP) is 2.21. The van der Waals surface area contributed by atoms with Crippen LogP contribution in [-0.4, -0.2) is 17.5 Å². The van der Waals surface area contributed by atoms with E-state index in [1.807, 2.05) is 23.2 Å². The second kappa shape index (κ2) is 4.83. The monoisotopic (exact) mass is 224 g/mol. The molecule has 14 heavy (non-hydrogen) atoms. The van der Waals surface area contributed by atoms with Crippen molar-refractivity contribution in [3.8, 4) is 6.07 Å². The highest BCUT2D eigenvalue weighted by Gasteiger charge is 2.14. The Kier molecular flexibility index (Phi) is 3.46. The molecular formula is C10H12N2S2. The van der Waals surface area contributed by atoms with E-state index < -0.39 is 0 Å². The molecule has 0 bridgehead atoms. The van der Waals surface area contributed by atoms with E-state index in [0.717, 1.165) is 12.1 Å². The summed E-state index contributed by atoms with van der Waals surface area (Å²) >= 11 is 3.68. The lowest BCUT2D eigenvalue weighted by Gasteiger charge is -2.08. The van der Waals surface area contributed by atoms with Crippen LogP contribution in [0.2, 0.25) is 0 Å². The zero-order chi connectivity index (χ0) is 9.80. The van der Waals surface area contributed by atoms with Gasteiger partial charge in [-0.15, -0.1) is 11.3 Å². The van der Waals surface area contributed by atoms with Gasteiger partial charge < -0.3 is 5.32 Å². The van der Waals surface area contributed by atoms with Crippen molar-refractivity contribution in [2.24, 2.45) is 0 Å². The first-order chi connectivity index (χ1) is 6.88. The normalized spacial score (nSPS) is 20.9. The molecule has 1 fully saturated rings. The molecule has 1 aliphatic heterocycles. The van der Waals surface area contributed by atoms with E-state index in [9.17, 15) is 0 Å². The van der Waals surface area contributed by atoms with Crippen molar-refractivity contribution in [1.29, 1.82) is 5.26 Å². The van der Waals surface area contributed by atoms with Crippen molar-refractivity contribution in [1.82, 2.24) is 5.32 Å². The molecule has 0 saturated carbocycles. The first-order valence-corrected chi connectivity index (χ1v) is 6.70. The Balaban J connectivity index is 1.82.